The Bertz CT molecular complexity index is 441. The Hall–Kier alpha value is -1.69. The zero-order valence-electron chi connectivity index (χ0n) is 12.8. The van der Waals surface area contributed by atoms with Gasteiger partial charge in [0.05, 0.1) is 0 Å². The van der Waals surface area contributed by atoms with Crippen molar-refractivity contribution in [1.82, 2.24) is 15.1 Å². The molecular weight excluding hydrogens is 268 g/mol. The number of hydrogen-bond acceptors (Lipinski definition) is 5. The second-order valence-electron chi connectivity index (χ2n) is 5.42. The van der Waals surface area contributed by atoms with Crippen LogP contribution in [0.15, 0.2) is 12.1 Å². The number of hydrogen-bond donors (Lipinski definition) is 1. The summed E-state index contributed by atoms with van der Waals surface area (Å²) in [5, 5.41) is 11.2. The Balaban J connectivity index is 1.88. The van der Waals surface area contributed by atoms with E-state index in [9.17, 15) is 4.79 Å². The van der Waals surface area contributed by atoms with E-state index in [0.717, 1.165) is 45.5 Å². The van der Waals surface area contributed by atoms with Crippen molar-refractivity contribution >= 4 is 11.7 Å². The summed E-state index contributed by atoms with van der Waals surface area (Å²) in [5.41, 5.74) is 0.419. The van der Waals surface area contributed by atoms with Crippen LogP contribution in [0, 0.1) is 5.92 Å². The fraction of sp³-hybridized carbons (Fsp3) is 0.667. The molecule has 6 heteroatoms. The smallest absolute Gasteiger partial charge is 0.274 e. The minimum atomic E-state index is -0.0274. The molecule has 0 spiro atoms. The first kappa shape index (κ1) is 15.7. The number of aromatic nitrogens is 2. The lowest BCUT2D eigenvalue weighted by Crippen LogP contribution is -2.39. The van der Waals surface area contributed by atoms with Crippen molar-refractivity contribution in [2.75, 3.05) is 38.7 Å². The number of rotatable bonds is 6. The summed E-state index contributed by atoms with van der Waals surface area (Å²) in [6.07, 6.45) is 3.01. The van der Waals surface area contributed by atoms with Crippen LogP contribution in [0.3, 0.4) is 0 Å². The fourth-order valence-electron chi connectivity index (χ4n) is 2.49. The van der Waals surface area contributed by atoms with Gasteiger partial charge in [0, 0.05) is 33.4 Å². The third kappa shape index (κ3) is 4.39. The van der Waals surface area contributed by atoms with Gasteiger partial charge in [-0.25, -0.2) is 0 Å². The monoisotopic (exact) mass is 292 g/mol. The number of nitrogens with one attached hydrogen (secondary N) is 1. The van der Waals surface area contributed by atoms with E-state index >= 15 is 0 Å². The summed E-state index contributed by atoms with van der Waals surface area (Å²) in [6.45, 7) is 5.26. The molecule has 1 aromatic heterocycles. The molecule has 1 amide bonds. The van der Waals surface area contributed by atoms with Crippen LogP contribution in [0.4, 0.5) is 5.82 Å². The molecule has 1 N–H and O–H groups in total. The molecule has 2 heterocycles. The molecule has 0 aromatic carbocycles. The van der Waals surface area contributed by atoms with E-state index in [0.29, 0.717) is 17.4 Å². The third-order valence-electron chi connectivity index (χ3n) is 3.74. The summed E-state index contributed by atoms with van der Waals surface area (Å²) < 4.78 is 5.17. The predicted molar refractivity (Wildman–Crippen MR) is 81.3 cm³/mol. The second-order valence-corrected chi connectivity index (χ2v) is 5.42. The van der Waals surface area contributed by atoms with E-state index in [2.05, 4.69) is 22.4 Å². The van der Waals surface area contributed by atoms with Crippen LogP contribution in [-0.2, 0) is 4.74 Å². The summed E-state index contributed by atoms with van der Waals surface area (Å²) in [5.74, 6) is 1.25. The molecule has 0 radical (unpaired) electrons. The highest BCUT2D eigenvalue weighted by atomic mass is 16.5. The maximum absolute atomic E-state index is 12.4. The van der Waals surface area contributed by atoms with E-state index in [1.54, 1.807) is 13.2 Å². The van der Waals surface area contributed by atoms with Gasteiger partial charge >= 0.3 is 0 Å². The van der Waals surface area contributed by atoms with Crippen LogP contribution in [0.25, 0.3) is 0 Å². The van der Waals surface area contributed by atoms with Crippen LogP contribution >= 0.6 is 0 Å². The molecular formula is C15H24N4O2. The Kier molecular flexibility index (Phi) is 5.92. The van der Waals surface area contributed by atoms with Crippen molar-refractivity contribution in [1.29, 1.82) is 0 Å². The van der Waals surface area contributed by atoms with E-state index in [-0.39, 0.29) is 5.91 Å². The lowest BCUT2D eigenvalue weighted by molar-refractivity contribution is 0.0607. The third-order valence-corrected chi connectivity index (χ3v) is 3.74. The molecule has 2 rings (SSSR count). The number of nitrogens with zero attached hydrogens (tertiary/aromatic N) is 3. The van der Waals surface area contributed by atoms with Gasteiger partial charge in [-0.1, -0.05) is 6.92 Å². The normalized spacial score (nSPS) is 16.0. The van der Waals surface area contributed by atoms with Crippen LogP contribution < -0.4 is 5.32 Å². The Morgan fingerprint density at radius 2 is 2.14 bits per heavy atom. The molecule has 0 unspecified atom stereocenters. The SMILES string of the molecule is CCCNc1ccc(C(=O)N2CCC(COC)CC2)nn1. The first-order chi connectivity index (χ1) is 10.2. The average molecular weight is 292 g/mol. The lowest BCUT2D eigenvalue weighted by Gasteiger charge is -2.31. The van der Waals surface area contributed by atoms with Gasteiger partial charge in [0.2, 0.25) is 0 Å². The minimum Gasteiger partial charge on any atom is -0.384 e. The molecule has 0 saturated carbocycles. The highest BCUT2D eigenvalue weighted by Gasteiger charge is 2.24. The van der Waals surface area contributed by atoms with Crippen molar-refractivity contribution in [2.24, 2.45) is 5.92 Å². The number of methoxy groups -OCH3 is 1. The van der Waals surface area contributed by atoms with Gasteiger partial charge in [0.15, 0.2) is 5.69 Å². The van der Waals surface area contributed by atoms with Crippen LogP contribution in [-0.4, -0.2) is 54.4 Å². The lowest BCUT2D eigenvalue weighted by atomic mass is 9.97. The topological polar surface area (TPSA) is 67.4 Å². The van der Waals surface area contributed by atoms with Crippen LogP contribution in [0.1, 0.15) is 36.7 Å². The molecule has 116 valence electrons. The standard InChI is InChI=1S/C15H24N4O2/c1-3-8-16-14-5-4-13(17-18-14)15(20)19-9-6-12(7-10-19)11-21-2/h4-5,12H,3,6-11H2,1-2H3,(H,16,18). The molecule has 1 saturated heterocycles. The number of carbonyl (C=O) groups excluding carboxylic acids is 1. The van der Waals surface area contributed by atoms with Crippen molar-refractivity contribution in [3.63, 3.8) is 0 Å². The van der Waals surface area contributed by atoms with E-state index in [1.807, 2.05) is 11.0 Å². The zero-order valence-corrected chi connectivity index (χ0v) is 12.8. The molecule has 0 aliphatic carbocycles. The quantitative estimate of drug-likeness (QED) is 0.866. The number of piperidine rings is 1. The van der Waals surface area contributed by atoms with Crippen molar-refractivity contribution in [3.8, 4) is 0 Å². The number of likely N-dealkylation sites (tertiary alicyclic amines) is 1. The highest BCUT2D eigenvalue weighted by Crippen LogP contribution is 2.18. The summed E-state index contributed by atoms with van der Waals surface area (Å²) in [4.78, 5) is 14.2. The Morgan fingerprint density at radius 3 is 2.71 bits per heavy atom. The van der Waals surface area contributed by atoms with E-state index in [1.165, 1.54) is 0 Å². The largest absolute Gasteiger partial charge is 0.384 e. The first-order valence-electron chi connectivity index (χ1n) is 7.60. The van der Waals surface area contributed by atoms with Gasteiger partial charge in [-0.2, -0.15) is 0 Å². The highest BCUT2D eigenvalue weighted by molar-refractivity contribution is 5.92. The van der Waals surface area contributed by atoms with E-state index < -0.39 is 0 Å². The van der Waals surface area contributed by atoms with Gasteiger partial charge in [0.1, 0.15) is 5.82 Å². The summed E-state index contributed by atoms with van der Waals surface area (Å²) >= 11 is 0. The Labute approximate surface area is 125 Å². The van der Waals surface area contributed by atoms with Crippen molar-refractivity contribution < 1.29 is 9.53 Å². The van der Waals surface area contributed by atoms with Crippen LogP contribution in [0.5, 0.6) is 0 Å². The predicted octanol–water partition coefficient (Wildman–Crippen LogP) is 1.80. The van der Waals surface area contributed by atoms with Crippen molar-refractivity contribution in [3.05, 3.63) is 17.8 Å². The van der Waals surface area contributed by atoms with Gasteiger partial charge < -0.3 is 15.0 Å². The number of ether oxygens (including phenoxy) is 1. The fourth-order valence-corrected chi connectivity index (χ4v) is 2.49. The maximum Gasteiger partial charge on any atom is 0.274 e. The van der Waals surface area contributed by atoms with Gasteiger partial charge in [-0.05, 0) is 37.3 Å². The second kappa shape index (κ2) is 7.93. The molecule has 21 heavy (non-hydrogen) atoms. The van der Waals surface area contributed by atoms with Gasteiger partial charge in [0.25, 0.3) is 5.91 Å². The minimum absolute atomic E-state index is 0.0274. The number of carbonyl (C=O) groups is 1. The molecule has 1 aliphatic heterocycles. The van der Waals surface area contributed by atoms with Gasteiger partial charge in [-0.15, -0.1) is 10.2 Å². The maximum atomic E-state index is 12.4. The van der Waals surface area contributed by atoms with Crippen molar-refractivity contribution in [2.45, 2.75) is 26.2 Å². The molecule has 1 aliphatic rings. The molecule has 6 nitrogen and oxygen atoms in total. The average Bonchev–Trinajstić information content (AvgIpc) is 2.54. The molecule has 0 atom stereocenters. The molecule has 1 fully saturated rings. The summed E-state index contributed by atoms with van der Waals surface area (Å²) in [7, 11) is 1.72. The van der Waals surface area contributed by atoms with Gasteiger partial charge in [-0.3, -0.25) is 4.79 Å². The van der Waals surface area contributed by atoms with E-state index in [4.69, 9.17) is 4.74 Å². The summed E-state index contributed by atoms with van der Waals surface area (Å²) in [6, 6.07) is 3.56. The first-order valence-corrected chi connectivity index (χ1v) is 7.60. The molecule has 0 bridgehead atoms. The number of amides is 1. The molecule has 1 aromatic rings. The Morgan fingerprint density at radius 1 is 1.38 bits per heavy atom. The van der Waals surface area contributed by atoms with Crippen LogP contribution in [0.2, 0.25) is 0 Å². The zero-order chi connectivity index (χ0) is 15.1. The number of anilines is 1.